The molecule has 2 N–H and O–H groups in total. The van der Waals surface area contributed by atoms with E-state index in [0.717, 1.165) is 12.0 Å². The molecule has 1 atom stereocenters. The summed E-state index contributed by atoms with van der Waals surface area (Å²) in [6.07, 6.45) is 0.988. The van der Waals surface area contributed by atoms with Crippen molar-refractivity contribution in [2.75, 3.05) is 6.54 Å². The molecule has 0 saturated carbocycles. The van der Waals surface area contributed by atoms with E-state index in [1.54, 1.807) is 0 Å². The minimum Gasteiger partial charge on any atom is -0.324 e. The Bertz CT molecular complexity index is 342. The van der Waals surface area contributed by atoms with E-state index >= 15 is 0 Å². The Labute approximate surface area is 83.4 Å². The quantitative estimate of drug-likeness (QED) is 0.442. The van der Waals surface area contributed by atoms with Gasteiger partial charge in [-0.15, -0.1) is 0 Å². The van der Waals surface area contributed by atoms with E-state index in [4.69, 9.17) is 11.3 Å². The fourth-order valence-corrected chi connectivity index (χ4v) is 1.27. The van der Waals surface area contributed by atoms with Gasteiger partial charge >= 0.3 is 0 Å². The molecule has 14 heavy (non-hydrogen) atoms. The lowest BCUT2D eigenvalue weighted by Crippen LogP contribution is -2.13. The molecular formula is C10H14N4. The second-order valence-corrected chi connectivity index (χ2v) is 3.12. The average molecular weight is 190 g/mol. The summed E-state index contributed by atoms with van der Waals surface area (Å²) in [5.74, 6) is 0. The van der Waals surface area contributed by atoms with Gasteiger partial charge in [0.1, 0.15) is 0 Å². The monoisotopic (exact) mass is 190 g/mol. The standard InChI is InChI=1S/C10H14N4/c1-2-8-4-3-5-9(6-8)10(11)7-13-14-12/h3-6,10H,2,7,11H2,1H3. The summed E-state index contributed by atoms with van der Waals surface area (Å²) >= 11 is 0. The summed E-state index contributed by atoms with van der Waals surface area (Å²) in [6, 6.07) is 7.85. The van der Waals surface area contributed by atoms with Crippen LogP contribution in [0.15, 0.2) is 29.4 Å². The first-order valence-corrected chi connectivity index (χ1v) is 4.63. The Morgan fingerprint density at radius 2 is 2.36 bits per heavy atom. The molecule has 1 unspecified atom stereocenters. The first kappa shape index (κ1) is 10.6. The normalized spacial score (nSPS) is 11.9. The van der Waals surface area contributed by atoms with E-state index in [1.165, 1.54) is 5.56 Å². The summed E-state index contributed by atoms with van der Waals surface area (Å²) in [5, 5.41) is 3.46. The molecule has 1 aromatic carbocycles. The number of nitrogens with zero attached hydrogens (tertiary/aromatic N) is 3. The first-order chi connectivity index (χ1) is 6.77. The second kappa shape index (κ2) is 5.27. The molecule has 0 radical (unpaired) electrons. The number of azide groups is 1. The topological polar surface area (TPSA) is 74.8 Å². The largest absolute Gasteiger partial charge is 0.324 e. The zero-order chi connectivity index (χ0) is 10.4. The summed E-state index contributed by atoms with van der Waals surface area (Å²) < 4.78 is 0. The Morgan fingerprint density at radius 3 is 3.00 bits per heavy atom. The van der Waals surface area contributed by atoms with Crippen LogP contribution in [0, 0.1) is 0 Å². The molecule has 1 aromatic rings. The van der Waals surface area contributed by atoms with Crippen LogP contribution in [-0.2, 0) is 6.42 Å². The van der Waals surface area contributed by atoms with Crippen LogP contribution in [0.3, 0.4) is 0 Å². The van der Waals surface area contributed by atoms with Gasteiger partial charge in [-0.1, -0.05) is 36.3 Å². The van der Waals surface area contributed by atoms with Crippen molar-refractivity contribution in [2.24, 2.45) is 10.8 Å². The van der Waals surface area contributed by atoms with E-state index in [9.17, 15) is 0 Å². The van der Waals surface area contributed by atoms with Crippen molar-refractivity contribution in [3.63, 3.8) is 0 Å². The maximum atomic E-state index is 8.17. The van der Waals surface area contributed by atoms with Crippen molar-refractivity contribution in [3.8, 4) is 0 Å². The molecule has 0 fully saturated rings. The molecule has 0 aromatic heterocycles. The summed E-state index contributed by atoms with van der Waals surface area (Å²) in [7, 11) is 0. The maximum absolute atomic E-state index is 8.17. The zero-order valence-electron chi connectivity index (χ0n) is 8.22. The third-order valence-corrected chi connectivity index (χ3v) is 2.13. The van der Waals surface area contributed by atoms with Gasteiger partial charge in [0.05, 0.1) is 0 Å². The molecule has 0 spiro atoms. The van der Waals surface area contributed by atoms with Gasteiger partial charge in [-0.3, -0.25) is 0 Å². The molecule has 4 heteroatoms. The van der Waals surface area contributed by atoms with Crippen molar-refractivity contribution in [3.05, 3.63) is 45.8 Å². The van der Waals surface area contributed by atoms with Crippen LogP contribution >= 0.6 is 0 Å². The van der Waals surface area contributed by atoms with Crippen LogP contribution in [0.1, 0.15) is 24.1 Å². The van der Waals surface area contributed by atoms with E-state index in [0.29, 0.717) is 6.54 Å². The summed E-state index contributed by atoms with van der Waals surface area (Å²) in [5.41, 5.74) is 16.3. The number of rotatable bonds is 4. The lowest BCUT2D eigenvalue weighted by molar-refractivity contribution is 0.732. The van der Waals surface area contributed by atoms with Crippen LogP contribution in [0.5, 0.6) is 0 Å². The predicted octanol–water partition coefficient (Wildman–Crippen LogP) is 2.56. The Kier molecular flexibility index (Phi) is 3.98. The minimum absolute atomic E-state index is 0.197. The van der Waals surface area contributed by atoms with E-state index in [2.05, 4.69) is 29.1 Å². The van der Waals surface area contributed by atoms with Crippen LogP contribution in [0.2, 0.25) is 0 Å². The second-order valence-electron chi connectivity index (χ2n) is 3.12. The Morgan fingerprint density at radius 1 is 1.57 bits per heavy atom. The average Bonchev–Trinajstić information content (AvgIpc) is 2.26. The Hall–Kier alpha value is -1.51. The SMILES string of the molecule is CCc1cccc(C(N)CN=[N+]=[N-])c1. The van der Waals surface area contributed by atoms with E-state index < -0.39 is 0 Å². The number of nitrogens with two attached hydrogens (primary N) is 1. The van der Waals surface area contributed by atoms with Crippen molar-refractivity contribution < 1.29 is 0 Å². The third kappa shape index (κ3) is 2.76. The minimum atomic E-state index is -0.197. The molecule has 1 rings (SSSR count). The van der Waals surface area contributed by atoms with Gasteiger partial charge < -0.3 is 5.73 Å². The highest BCUT2D eigenvalue weighted by atomic mass is 15.1. The molecule has 0 aliphatic rings. The van der Waals surface area contributed by atoms with Crippen LogP contribution in [0.25, 0.3) is 10.4 Å². The molecule has 0 aliphatic carbocycles. The third-order valence-electron chi connectivity index (χ3n) is 2.13. The van der Waals surface area contributed by atoms with E-state index in [1.807, 2.05) is 12.1 Å². The number of aryl methyl sites for hydroxylation is 1. The smallest absolute Gasteiger partial charge is 0.0451 e. The van der Waals surface area contributed by atoms with Gasteiger partial charge in [0, 0.05) is 17.5 Å². The van der Waals surface area contributed by atoms with Crippen molar-refractivity contribution in [2.45, 2.75) is 19.4 Å². The molecular weight excluding hydrogens is 176 g/mol. The van der Waals surface area contributed by atoms with Gasteiger partial charge in [0.25, 0.3) is 0 Å². The Balaban J connectivity index is 2.78. The number of benzene rings is 1. The highest BCUT2D eigenvalue weighted by Crippen LogP contribution is 2.13. The molecule has 0 aliphatic heterocycles. The lowest BCUT2D eigenvalue weighted by atomic mass is 10.0. The summed E-state index contributed by atoms with van der Waals surface area (Å²) in [6.45, 7) is 2.40. The van der Waals surface area contributed by atoms with Gasteiger partial charge in [0.15, 0.2) is 0 Å². The fourth-order valence-electron chi connectivity index (χ4n) is 1.27. The lowest BCUT2D eigenvalue weighted by Gasteiger charge is -2.09. The van der Waals surface area contributed by atoms with Crippen LogP contribution < -0.4 is 5.73 Å². The zero-order valence-corrected chi connectivity index (χ0v) is 8.22. The molecule has 0 heterocycles. The van der Waals surface area contributed by atoms with Gasteiger partial charge in [-0.05, 0) is 23.1 Å². The van der Waals surface area contributed by atoms with Crippen molar-refractivity contribution >= 4 is 0 Å². The summed E-state index contributed by atoms with van der Waals surface area (Å²) in [4.78, 5) is 2.69. The molecule has 0 saturated heterocycles. The first-order valence-electron chi connectivity index (χ1n) is 4.63. The van der Waals surface area contributed by atoms with Gasteiger partial charge in [-0.25, -0.2) is 0 Å². The number of hydrogen-bond acceptors (Lipinski definition) is 2. The molecule has 0 amide bonds. The van der Waals surface area contributed by atoms with Gasteiger partial charge in [-0.2, -0.15) is 0 Å². The molecule has 4 nitrogen and oxygen atoms in total. The molecule has 74 valence electrons. The fraction of sp³-hybridized carbons (Fsp3) is 0.400. The molecule has 0 bridgehead atoms. The van der Waals surface area contributed by atoms with Crippen LogP contribution in [-0.4, -0.2) is 6.54 Å². The highest BCUT2D eigenvalue weighted by Gasteiger charge is 2.04. The predicted molar refractivity (Wildman–Crippen MR) is 56.8 cm³/mol. The maximum Gasteiger partial charge on any atom is 0.0451 e. The van der Waals surface area contributed by atoms with Crippen LogP contribution in [0.4, 0.5) is 0 Å². The number of hydrogen-bond donors (Lipinski definition) is 1. The van der Waals surface area contributed by atoms with Gasteiger partial charge in [0.2, 0.25) is 0 Å². The van der Waals surface area contributed by atoms with Crippen molar-refractivity contribution in [1.82, 2.24) is 0 Å². The van der Waals surface area contributed by atoms with Crippen molar-refractivity contribution in [1.29, 1.82) is 0 Å². The highest BCUT2D eigenvalue weighted by molar-refractivity contribution is 5.26. The van der Waals surface area contributed by atoms with E-state index in [-0.39, 0.29) is 6.04 Å².